The molecule has 2 aromatic rings. The lowest BCUT2D eigenvalue weighted by molar-refractivity contribution is 0.102. The van der Waals surface area contributed by atoms with Crippen LogP contribution in [0.15, 0.2) is 42.6 Å². The fourth-order valence-corrected chi connectivity index (χ4v) is 1.78. The van der Waals surface area contributed by atoms with Crippen LogP contribution in [0.25, 0.3) is 0 Å². The molecule has 0 aliphatic rings. The van der Waals surface area contributed by atoms with E-state index in [4.69, 9.17) is 15.2 Å². The number of benzene rings is 1. The lowest BCUT2D eigenvalue weighted by Gasteiger charge is -2.12. The largest absolute Gasteiger partial charge is 0.490 e. The third-order valence-electron chi connectivity index (χ3n) is 2.72. The topological polar surface area (TPSA) is 86.5 Å². The predicted octanol–water partition coefficient (Wildman–Crippen LogP) is 1.68. The van der Waals surface area contributed by atoms with Gasteiger partial charge in [0.2, 0.25) is 5.88 Å². The Morgan fingerprint density at radius 1 is 1.29 bits per heavy atom. The molecule has 110 valence electrons. The SMILES string of the molecule is COc1ncccc1C(=O)Nc1ccccc1OCCN. The van der Waals surface area contributed by atoms with Crippen LogP contribution in [-0.2, 0) is 0 Å². The number of anilines is 1. The fraction of sp³-hybridized carbons (Fsp3) is 0.200. The van der Waals surface area contributed by atoms with Crippen molar-refractivity contribution in [2.75, 3.05) is 25.6 Å². The molecule has 0 bridgehead atoms. The number of nitrogens with zero attached hydrogens (tertiary/aromatic N) is 1. The quantitative estimate of drug-likeness (QED) is 0.844. The van der Waals surface area contributed by atoms with Gasteiger partial charge in [0.25, 0.3) is 5.91 Å². The number of ether oxygens (including phenoxy) is 2. The maximum atomic E-state index is 12.3. The van der Waals surface area contributed by atoms with Gasteiger partial charge in [0, 0.05) is 12.7 Å². The first-order chi connectivity index (χ1) is 10.3. The van der Waals surface area contributed by atoms with Crippen molar-refractivity contribution in [2.45, 2.75) is 0 Å². The van der Waals surface area contributed by atoms with Gasteiger partial charge in [0.15, 0.2) is 0 Å². The average molecular weight is 287 g/mol. The van der Waals surface area contributed by atoms with Crippen LogP contribution in [0, 0.1) is 0 Å². The smallest absolute Gasteiger partial charge is 0.261 e. The molecule has 0 radical (unpaired) electrons. The van der Waals surface area contributed by atoms with Gasteiger partial charge in [-0.1, -0.05) is 12.1 Å². The number of hydrogen-bond acceptors (Lipinski definition) is 5. The highest BCUT2D eigenvalue weighted by Crippen LogP contribution is 2.25. The van der Waals surface area contributed by atoms with Crippen molar-refractivity contribution in [1.29, 1.82) is 0 Å². The first-order valence-corrected chi connectivity index (χ1v) is 6.48. The van der Waals surface area contributed by atoms with E-state index in [9.17, 15) is 4.79 Å². The molecular formula is C15H17N3O3. The molecule has 1 amide bonds. The van der Waals surface area contributed by atoms with Gasteiger partial charge in [0.05, 0.1) is 12.8 Å². The summed E-state index contributed by atoms with van der Waals surface area (Å²) < 4.78 is 10.6. The number of rotatable bonds is 6. The summed E-state index contributed by atoms with van der Waals surface area (Å²) in [5.74, 6) is 0.526. The van der Waals surface area contributed by atoms with E-state index < -0.39 is 0 Å². The molecule has 0 saturated carbocycles. The number of carbonyl (C=O) groups is 1. The van der Waals surface area contributed by atoms with Crippen LogP contribution in [0.5, 0.6) is 11.6 Å². The van der Waals surface area contributed by atoms with E-state index in [-0.39, 0.29) is 11.8 Å². The zero-order chi connectivity index (χ0) is 15.1. The number of nitrogens with two attached hydrogens (primary N) is 1. The van der Waals surface area contributed by atoms with Crippen molar-refractivity contribution in [2.24, 2.45) is 5.73 Å². The summed E-state index contributed by atoms with van der Waals surface area (Å²) in [7, 11) is 1.47. The van der Waals surface area contributed by atoms with Crippen molar-refractivity contribution in [3.63, 3.8) is 0 Å². The highest BCUT2D eigenvalue weighted by Gasteiger charge is 2.14. The summed E-state index contributed by atoms with van der Waals surface area (Å²) in [6.45, 7) is 0.780. The van der Waals surface area contributed by atoms with Gasteiger partial charge in [-0.3, -0.25) is 4.79 Å². The number of para-hydroxylation sites is 2. The van der Waals surface area contributed by atoms with Crippen LogP contribution >= 0.6 is 0 Å². The Labute approximate surface area is 122 Å². The second-order valence-corrected chi connectivity index (χ2v) is 4.15. The fourth-order valence-electron chi connectivity index (χ4n) is 1.78. The first kappa shape index (κ1) is 14.8. The van der Waals surface area contributed by atoms with Gasteiger partial charge in [-0.15, -0.1) is 0 Å². The molecule has 1 heterocycles. The van der Waals surface area contributed by atoms with Crippen LogP contribution in [0.3, 0.4) is 0 Å². The Morgan fingerprint density at radius 3 is 2.86 bits per heavy atom. The number of carbonyl (C=O) groups excluding carboxylic acids is 1. The summed E-state index contributed by atoms with van der Waals surface area (Å²) in [5, 5.41) is 2.79. The molecule has 0 fully saturated rings. The normalized spacial score (nSPS) is 10.0. The number of amides is 1. The average Bonchev–Trinajstić information content (AvgIpc) is 2.54. The van der Waals surface area contributed by atoms with Crippen LogP contribution in [0.4, 0.5) is 5.69 Å². The number of nitrogens with one attached hydrogen (secondary N) is 1. The minimum atomic E-state index is -0.316. The molecule has 0 aliphatic heterocycles. The maximum absolute atomic E-state index is 12.3. The Morgan fingerprint density at radius 2 is 2.10 bits per heavy atom. The van der Waals surface area contributed by atoms with E-state index in [1.165, 1.54) is 7.11 Å². The summed E-state index contributed by atoms with van der Waals surface area (Å²) in [6.07, 6.45) is 1.56. The summed E-state index contributed by atoms with van der Waals surface area (Å²) in [5.41, 5.74) is 6.35. The minimum absolute atomic E-state index is 0.273. The molecule has 0 atom stereocenters. The number of pyridine rings is 1. The second-order valence-electron chi connectivity index (χ2n) is 4.15. The van der Waals surface area contributed by atoms with E-state index >= 15 is 0 Å². The molecule has 21 heavy (non-hydrogen) atoms. The zero-order valence-electron chi connectivity index (χ0n) is 11.7. The second kappa shape index (κ2) is 7.25. The molecule has 0 aliphatic carbocycles. The molecule has 1 aromatic heterocycles. The number of hydrogen-bond donors (Lipinski definition) is 2. The Hall–Kier alpha value is -2.60. The summed E-state index contributed by atoms with van der Waals surface area (Å²) in [6, 6.07) is 10.5. The molecule has 0 unspecified atom stereocenters. The van der Waals surface area contributed by atoms with Gasteiger partial charge >= 0.3 is 0 Å². The summed E-state index contributed by atoms with van der Waals surface area (Å²) in [4.78, 5) is 16.3. The lowest BCUT2D eigenvalue weighted by atomic mass is 10.2. The maximum Gasteiger partial charge on any atom is 0.261 e. The monoisotopic (exact) mass is 287 g/mol. The van der Waals surface area contributed by atoms with Crippen molar-refractivity contribution in [3.8, 4) is 11.6 Å². The predicted molar refractivity (Wildman–Crippen MR) is 79.7 cm³/mol. The molecule has 6 nitrogen and oxygen atoms in total. The van der Waals surface area contributed by atoms with Crippen LogP contribution in [0.1, 0.15) is 10.4 Å². The highest BCUT2D eigenvalue weighted by molar-refractivity contribution is 6.06. The molecule has 1 aromatic carbocycles. The Balaban J connectivity index is 2.19. The Bertz CT molecular complexity index is 617. The van der Waals surface area contributed by atoms with Gasteiger partial charge in [-0.2, -0.15) is 0 Å². The molecule has 0 saturated heterocycles. The van der Waals surface area contributed by atoms with E-state index in [1.54, 1.807) is 30.5 Å². The molecule has 2 rings (SSSR count). The zero-order valence-corrected chi connectivity index (χ0v) is 11.7. The standard InChI is InChI=1S/C15H17N3O3/c1-20-15-11(5-4-9-17-15)14(19)18-12-6-2-3-7-13(12)21-10-8-16/h2-7,9H,8,10,16H2,1H3,(H,18,19). The van der Waals surface area contributed by atoms with Crippen LogP contribution in [-0.4, -0.2) is 31.2 Å². The van der Waals surface area contributed by atoms with Crippen molar-refractivity contribution >= 4 is 11.6 Å². The van der Waals surface area contributed by atoms with Gasteiger partial charge < -0.3 is 20.5 Å². The minimum Gasteiger partial charge on any atom is -0.490 e. The van der Waals surface area contributed by atoms with E-state index in [1.807, 2.05) is 12.1 Å². The third kappa shape index (κ3) is 3.70. The van der Waals surface area contributed by atoms with E-state index in [0.29, 0.717) is 30.2 Å². The van der Waals surface area contributed by atoms with Gasteiger partial charge in [-0.05, 0) is 24.3 Å². The van der Waals surface area contributed by atoms with E-state index in [0.717, 1.165) is 0 Å². The van der Waals surface area contributed by atoms with Gasteiger partial charge in [0.1, 0.15) is 17.9 Å². The highest BCUT2D eigenvalue weighted by atomic mass is 16.5. The first-order valence-electron chi connectivity index (χ1n) is 6.48. The molecule has 0 spiro atoms. The molecular weight excluding hydrogens is 270 g/mol. The lowest BCUT2D eigenvalue weighted by Crippen LogP contribution is -2.16. The number of methoxy groups -OCH3 is 1. The third-order valence-corrected chi connectivity index (χ3v) is 2.72. The van der Waals surface area contributed by atoms with Gasteiger partial charge in [-0.25, -0.2) is 4.98 Å². The van der Waals surface area contributed by atoms with Crippen molar-refractivity contribution in [1.82, 2.24) is 4.98 Å². The summed E-state index contributed by atoms with van der Waals surface area (Å²) >= 11 is 0. The van der Waals surface area contributed by atoms with Crippen LogP contribution in [0.2, 0.25) is 0 Å². The number of aromatic nitrogens is 1. The van der Waals surface area contributed by atoms with Crippen LogP contribution < -0.4 is 20.5 Å². The van der Waals surface area contributed by atoms with E-state index in [2.05, 4.69) is 10.3 Å². The molecule has 3 N–H and O–H groups in total. The Kier molecular flexibility index (Phi) is 5.11. The van der Waals surface area contributed by atoms with Crippen molar-refractivity contribution in [3.05, 3.63) is 48.2 Å². The van der Waals surface area contributed by atoms with Crippen molar-refractivity contribution < 1.29 is 14.3 Å². The molecule has 6 heteroatoms.